The van der Waals surface area contributed by atoms with Crippen molar-refractivity contribution in [2.75, 3.05) is 32.8 Å². The number of nitrogens with zero attached hydrogens (tertiary/aromatic N) is 1. The number of ether oxygens (including phenoxy) is 3. The van der Waals surface area contributed by atoms with Gasteiger partial charge in [0.1, 0.15) is 35.6 Å². The number of carbonyl (C=O) groups is 1. The molecule has 3 aromatic rings. The number of nitrogens with one attached hydrogen (secondary N) is 1. The van der Waals surface area contributed by atoms with Gasteiger partial charge in [-0.25, -0.2) is 18.0 Å². The van der Waals surface area contributed by atoms with E-state index in [2.05, 4.69) is 26.1 Å². The summed E-state index contributed by atoms with van der Waals surface area (Å²) in [4.78, 5) is 14.7. The fourth-order valence-electron chi connectivity index (χ4n) is 5.93. The Hall–Kier alpha value is -3.56. The summed E-state index contributed by atoms with van der Waals surface area (Å²) in [6.45, 7) is 11.3. The van der Waals surface area contributed by atoms with Gasteiger partial charge in [0, 0.05) is 56.3 Å². The molecule has 0 bridgehead atoms. The number of halogens is 3. The van der Waals surface area contributed by atoms with Gasteiger partial charge in [0.05, 0.1) is 6.61 Å². The Bertz CT molecular complexity index is 1390. The highest BCUT2D eigenvalue weighted by atomic mass is 19.1. The first kappa shape index (κ1) is 31.9. The molecule has 0 spiro atoms. The third kappa shape index (κ3) is 7.93. The summed E-state index contributed by atoms with van der Waals surface area (Å²) in [7, 11) is 0. The summed E-state index contributed by atoms with van der Waals surface area (Å²) in [5, 5.41) is 3.52. The van der Waals surface area contributed by atoms with Crippen molar-refractivity contribution in [3.05, 3.63) is 94.8 Å². The Kier molecular flexibility index (Phi) is 9.85. The quantitative estimate of drug-likeness (QED) is 0.188. The van der Waals surface area contributed by atoms with Crippen LogP contribution in [0.1, 0.15) is 44.4 Å². The van der Waals surface area contributed by atoms with Crippen molar-refractivity contribution >= 4 is 5.97 Å². The summed E-state index contributed by atoms with van der Waals surface area (Å²) < 4.78 is 58.4. The van der Waals surface area contributed by atoms with Crippen molar-refractivity contribution in [3.63, 3.8) is 0 Å². The maximum atomic E-state index is 14.0. The summed E-state index contributed by atoms with van der Waals surface area (Å²) in [5.41, 5.74) is 2.06. The molecule has 1 aliphatic carbocycles. The van der Waals surface area contributed by atoms with Crippen LogP contribution in [0.3, 0.4) is 0 Å². The van der Waals surface area contributed by atoms with E-state index >= 15 is 0 Å². The number of esters is 1. The molecule has 9 heteroatoms. The molecule has 1 heterocycles. The second-order valence-corrected chi connectivity index (χ2v) is 12.7. The average molecular weight is 611 g/mol. The van der Waals surface area contributed by atoms with E-state index in [0.717, 1.165) is 36.5 Å². The molecular formula is C35H41F3N2O4. The van der Waals surface area contributed by atoms with E-state index in [9.17, 15) is 18.0 Å². The lowest BCUT2D eigenvalue weighted by atomic mass is 9.87. The molecule has 0 amide bonds. The van der Waals surface area contributed by atoms with Crippen LogP contribution in [0.15, 0.2) is 60.7 Å². The second-order valence-electron chi connectivity index (χ2n) is 12.7. The third-order valence-electron chi connectivity index (χ3n) is 8.40. The van der Waals surface area contributed by atoms with Gasteiger partial charge in [-0.1, -0.05) is 45.0 Å². The first-order chi connectivity index (χ1) is 21.0. The summed E-state index contributed by atoms with van der Waals surface area (Å²) in [5.74, 6) is -0.755. The third-order valence-corrected chi connectivity index (χ3v) is 8.40. The van der Waals surface area contributed by atoms with E-state index in [1.165, 1.54) is 5.56 Å². The number of fused-ring (bicyclic) bond motifs is 1. The molecule has 1 saturated heterocycles. The molecule has 1 aliphatic heterocycles. The average Bonchev–Trinajstić information content (AvgIpc) is 3.42. The molecule has 4 atom stereocenters. The Morgan fingerprint density at radius 1 is 0.955 bits per heavy atom. The van der Waals surface area contributed by atoms with Gasteiger partial charge < -0.3 is 19.5 Å². The smallest absolute Gasteiger partial charge is 0.347 e. The molecule has 1 saturated carbocycles. The minimum Gasteiger partial charge on any atom is -0.492 e. The largest absolute Gasteiger partial charge is 0.492 e. The van der Waals surface area contributed by atoms with Crippen LogP contribution >= 0.6 is 0 Å². The van der Waals surface area contributed by atoms with Crippen molar-refractivity contribution in [1.29, 1.82) is 0 Å². The molecule has 44 heavy (non-hydrogen) atoms. The van der Waals surface area contributed by atoms with Crippen LogP contribution in [0.25, 0.3) is 0 Å². The highest BCUT2D eigenvalue weighted by Crippen LogP contribution is 2.46. The van der Waals surface area contributed by atoms with Gasteiger partial charge in [0.15, 0.2) is 6.10 Å². The van der Waals surface area contributed by atoms with Gasteiger partial charge in [0.2, 0.25) is 0 Å². The molecule has 0 radical (unpaired) electrons. The molecule has 1 N–H and O–H groups in total. The number of hydrogen-bond donors (Lipinski definition) is 1. The topological polar surface area (TPSA) is 60.0 Å². The van der Waals surface area contributed by atoms with Crippen molar-refractivity contribution in [2.45, 2.75) is 58.2 Å². The molecule has 6 nitrogen and oxygen atoms in total. The summed E-state index contributed by atoms with van der Waals surface area (Å²) >= 11 is 0. The van der Waals surface area contributed by atoms with Crippen molar-refractivity contribution in [1.82, 2.24) is 10.2 Å². The van der Waals surface area contributed by atoms with Gasteiger partial charge >= 0.3 is 5.97 Å². The fourth-order valence-corrected chi connectivity index (χ4v) is 5.93. The van der Waals surface area contributed by atoms with Crippen LogP contribution < -0.4 is 14.8 Å². The monoisotopic (exact) mass is 610 g/mol. The molecule has 3 aromatic carbocycles. The second kappa shape index (κ2) is 13.6. The Morgan fingerprint density at radius 3 is 2.16 bits per heavy atom. The van der Waals surface area contributed by atoms with Gasteiger partial charge in [-0.15, -0.1) is 0 Å². The molecular weight excluding hydrogens is 569 g/mol. The number of piperidine rings is 1. The molecule has 2 aliphatic rings. The zero-order valence-electron chi connectivity index (χ0n) is 25.7. The number of likely N-dealkylation sites (tertiary alicyclic amines) is 1. The van der Waals surface area contributed by atoms with E-state index < -0.39 is 29.5 Å². The first-order valence-electron chi connectivity index (χ1n) is 15.3. The number of hydrogen-bond acceptors (Lipinski definition) is 6. The van der Waals surface area contributed by atoms with Gasteiger partial charge in [-0.2, -0.15) is 0 Å². The van der Waals surface area contributed by atoms with E-state index in [-0.39, 0.29) is 24.1 Å². The fraction of sp³-hybridized carbons (Fsp3) is 0.457. The molecule has 236 valence electrons. The number of rotatable bonds is 13. The van der Waals surface area contributed by atoms with Crippen LogP contribution in [0.4, 0.5) is 13.2 Å². The minimum atomic E-state index is -0.902. The van der Waals surface area contributed by atoms with Crippen molar-refractivity contribution < 1.29 is 32.2 Å². The Morgan fingerprint density at radius 2 is 1.57 bits per heavy atom. The number of benzene rings is 3. The van der Waals surface area contributed by atoms with Crippen LogP contribution in [0.5, 0.6) is 11.5 Å². The normalized spacial score (nSPS) is 20.2. The van der Waals surface area contributed by atoms with Crippen molar-refractivity contribution in [2.24, 2.45) is 11.8 Å². The predicted molar refractivity (Wildman–Crippen MR) is 162 cm³/mol. The van der Waals surface area contributed by atoms with Crippen LogP contribution in [-0.4, -0.2) is 55.9 Å². The standard InChI is InChI=1S/C35H41F3N2O4/c1-5-42-34(41)32(44-26-12-8-23(9-13-26)35(2,3)4)16-22-6-10-25(11-7-22)43-15-14-39-33-27-19-40(20-28(27)33)21-29-30(37)17-24(36)18-31(29)38/h6-13,17-18,27-28,32-33,39H,5,14-16,19-21H2,1-4H3/t27-,28+,32-,33+/m0/s1. The van der Waals surface area contributed by atoms with Crippen LogP contribution in [0.2, 0.25) is 0 Å². The molecule has 2 fully saturated rings. The maximum Gasteiger partial charge on any atom is 0.347 e. The minimum absolute atomic E-state index is 0.0244. The lowest BCUT2D eigenvalue weighted by molar-refractivity contribution is -0.151. The Labute approximate surface area is 257 Å². The van der Waals surface area contributed by atoms with Gasteiger partial charge in [-0.3, -0.25) is 4.90 Å². The number of carbonyl (C=O) groups excluding carboxylic acids is 1. The van der Waals surface area contributed by atoms with Crippen molar-refractivity contribution in [3.8, 4) is 11.5 Å². The van der Waals surface area contributed by atoms with E-state index in [1.54, 1.807) is 6.92 Å². The molecule has 0 aromatic heterocycles. The first-order valence-corrected chi connectivity index (χ1v) is 15.3. The van der Waals surface area contributed by atoms with E-state index in [1.807, 2.05) is 53.4 Å². The Balaban J connectivity index is 1.04. The lowest BCUT2D eigenvalue weighted by Crippen LogP contribution is -2.33. The van der Waals surface area contributed by atoms with Gasteiger partial charge in [0.25, 0.3) is 0 Å². The molecule has 0 unspecified atom stereocenters. The zero-order valence-corrected chi connectivity index (χ0v) is 25.7. The molecule has 5 rings (SSSR count). The predicted octanol–water partition coefficient (Wildman–Crippen LogP) is 6.05. The highest BCUT2D eigenvalue weighted by molar-refractivity contribution is 5.75. The van der Waals surface area contributed by atoms with E-state index in [4.69, 9.17) is 14.2 Å². The lowest BCUT2D eigenvalue weighted by Gasteiger charge is -2.21. The SMILES string of the molecule is CCOC(=O)[C@H](Cc1ccc(OCCN[C@H]2[C@@H]3CN(Cc4c(F)cc(F)cc4F)C[C@@H]32)cc1)Oc1ccc(C(C)(C)C)cc1. The summed E-state index contributed by atoms with van der Waals surface area (Å²) in [6.07, 6.45) is -0.405. The summed E-state index contributed by atoms with van der Waals surface area (Å²) in [6, 6.07) is 17.3. The zero-order chi connectivity index (χ0) is 31.4. The van der Waals surface area contributed by atoms with Gasteiger partial charge in [-0.05, 0) is 59.6 Å². The maximum absolute atomic E-state index is 14.0. The van der Waals surface area contributed by atoms with Crippen LogP contribution in [-0.2, 0) is 27.9 Å². The van der Waals surface area contributed by atoms with E-state index in [0.29, 0.717) is 43.2 Å². The van der Waals surface area contributed by atoms with Crippen LogP contribution in [0, 0.1) is 29.3 Å². The highest BCUT2D eigenvalue weighted by Gasteiger charge is 2.55.